The minimum absolute atomic E-state index is 0.109. The van der Waals surface area contributed by atoms with Crippen LogP contribution in [0.25, 0.3) is 21.9 Å². The Morgan fingerprint density at radius 1 is 1.11 bits per heavy atom. The van der Waals surface area contributed by atoms with E-state index in [9.17, 15) is 4.79 Å². The molecule has 2 fully saturated rings. The van der Waals surface area contributed by atoms with Gasteiger partial charge in [-0.15, -0.1) is 0 Å². The third kappa shape index (κ3) is 4.41. The van der Waals surface area contributed by atoms with Crippen molar-refractivity contribution in [3.8, 4) is 5.88 Å². The van der Waals surface area contributed by atoms with Crippen LogP contribution >= 0.6 is 0 Å². The van der Waals surface area contributed by atoms with Crippen LogP contribution in [0.1, 0.15) is 25.7 Å². The number of aryl methyl sites for hydroxylation is 1. The normalized spacial score (nSPS) is 20.9. The van der Waals surface area contributed by atoms with Gasteiger partial charge in [0.05, 0.1) is 19.4 Å². The standard InChI is InChI=1S/C25H29N7O3/c1-31-22-20(28-25(31)33)15-26-24(30-22)27-17-6-8-18(9-7-17)35-23-19-5-3-2-4-16(19)14-21(29-23)32-10-12-34-13-11-32/h2-5,14-15,17-18H,6-13H2,1H3,(H,28,33)(H,26,27,30). The van der Waals surface area contributed by atoms with Gasteiger partial charge in [0.2, 0.25) is 11.8 Å². The number of nitrogens with zero attached hydrogens (tertiary/aromatic N) is 5. The highest BCUT2D eigenvalue weighted by Gasteiger charge is 2.25. The van der Waals surface area contributed by atoms with Gasteiger partial charge in [0.1, 0.15) is 17.4 Å². The molecule has 4 heterocycles. The van der Waals surface area contributed by atoms with E-state index in [0.717, 1.165) is 68.6 Å². The maximum absolute atomic E-state index is 11.8. The van der Waals surface area contributed by atoms with Gasteiger partial charge >= 0.3 is 5.69 Å². The van der Waals surface area contributed by atoms with Crippen LogP contribution in [0, 0.1) is 0 Å². The van der Waals surface area contributed by atoms with E-state index in [0.29, 0.717) is 23.0 Å². The van der Waals surface area contributed by atoms with Crippen molar-refractivity contribution >= 4 is 33.7 Å². The molecule has 1 saturated carbocycles. The van der Waals surface area contributed by atoms with E-state index in [1.54, 1.807) is 13.2 Å². The molecule has 0 bridgehead atoms. The molecule has 1 aromatic carbocycles. The molecule has 10 nitrogen and oxygen atoms in total. The van der Waals surface area contributed by atoms with Crippen LogP contribution in [0.5, 0.6) is 5.88 Å². The molecule has 0 radical (unpaired) electrons. The Kier molecular flexibility index (Phi) is 5.73. The van der Waals surface area contributed by atoms with E-state index >= 15 is 0 Å². The number of hydrogen-bond acceptors (Lipinski definition) is 8. The van der Waals surface area contributed by atoms with Crippen molar-refractivity contribution in [3.05, 3.63) is 47.0 Å². The van der Waals surface area contributed by atoms with Crippen molar-refractivity contribution < 1.29 is 9.47 Å². The average molecular weight is 476 g/mol. The largest absolute Gasteiger partial charge is 0.474 e. The first kappa shape index (κ1) is 21.8. The Labute approximate surface area is 202 Å². The Bertz CT molecular complexity index is 1400. The van der Waals surface area contributed by atoms with E-state index in [1.807, 2.05) is 6.07 Å². The van der Waals surface area contributed by atoms with Crippen molar-refractivity contribution in [2.75, 3.05) is 36.5 Å². The monoisotopic (exact) mass is 475 g/mol. The lowest BCUT2D eigenvalue weighted by atomic mass is 9.93. The molecule has 10 heteroatoms. The molecule has 3 aromatic heterocycles. The maximum atomic E-state index is 11.8. The van der Waals surface area contributed by atoms with Crippen molar-refractivity contribution in [1.29, 1.82) is 0 Å². The third-order valence-corrected chi connectivity index (χ3v) is 6.95. The summed E-state index contributed by atoms with van der Waals surface area (Å²) in [6.45, 7) is 3.12. The van der Waals surface area contributed by atoms with Gasteiger partial charge in [-0.05, 0) is 43.2 Å². The van der Waals surface area contributed by atoms with Gasteiger partial charge in [0, 0.05) is 31.6 Å². The number of rotatable bonds is 5. The van der Waals surface area contributed by atoms with E-state index in [2.05, 4.69) is 49.4 Å². The molecule has 35 heavy (non-hydrogen) atoms. The van der Waals surface area contributed by atoms with Gasteiger partial charge in [-0.2, -0.15) is 9.97 Å². The van der Waals surface area contributed by atoms with Crippen LogP contribution in [0.2, 0.25) is 0 Å². The number of imidazole rings is 1. The summed E-state index contributed by atoms with van der Waals surface area (Å²) < 4.78 is 13.5. The Morgan fingerprint density at radius 2 is 1.91 bits per heavy atom. The molecule has 1 aliphatic heterocycles. The lowest BCUT2D eigenvalue weighted by Gasteiger charge is -2.31. The highest BCUT2D eigenvalue weighted by molar-refractivity contribution is 5.89. The van der Waals surface area contributed by atoms with Crippen molar-refractivity contribution in [3.63, 3.8) is 0 Å². The fraction of sp³-hybridized carbons (Fsp3) is 0.440. The van der Waals surface area contributed by atoms with Crippen molar-refractivity contribution in [2.45, 2.75) is 37.8 Å². The van der Waals surface area contributed by atoms with Crippen LogP contribution in [0.4, 0.5) is 11.8 Å². The first-order valence-electron chi connectivity index (χ1n) is 12.2. The average Bonchev–Trinajstić information content (AvgIpc) is 3.18. The van der Waals surface area contributed by atoms with Crippen molar-refractivity contribution in [2.24, 2.45) is 7.05 Å². The summed E-state index contributed by atoms with van der Waals surface area (Å²) in [6.07, 6.45) is 5.48. The molecule has 4 aromatic rings. The van der Waals surface area contributed by atoms with E-state index in [4.69, 9.17) is 14.5 Å². The number of pyridine rings is 1. The van der Waals surface area contributed by atoms with Crippen LogP contribution in [-0.2, 0) is 11.8 Å². The van der Waals surface area contributed by atoms with Crippen LogP contribution < -0.4 is 20.6 Å². The Hall–Kier alpha value is -3.66. The molecular formula is C25H29N7O3. The van der Waals surface area contributed by atoms with Gasteiger partial charge in [-0.25, -0.2) is 9.78 Å². The number of benzene rings is 1. The van der Waals surface area contributed by atoms with Gasteiger partial charge < -0.3 is 24.7 Å². The van der Waals surface area contributed by atoms with Gasteiger partial charge in [0.15, 0.2) is 5.65 Å². The van der Waals surface area contributed by atoms with Crippen LogP contribution in [-0.4, -0.2) is 63.0 Å². The fourth-order valence-electron chi connectivity index (χ4n) is 4.94. The number of fused-ring (bicyclic) bond motifs is 2. The molecule has 1 saturated heterocycles. The summed E-state index contributed by atoms with van der Waals surface area (Å²) in [5, 5.41) is 5.62. The van der Waals surface area contributed by atoms with E-state index < -0.39 is 0 Å². The first-order chi connectivity index (χ1) is 17.1. The van der Waals surface area contributed by atoms with E-state index in [1.165, 1.54) is 4.57 Å². The summed E-state index contributed by atoms with van der Waals surface area (Å²) in [5.41, 5.74) is 1.05. The molecule has 6 rings (SSSR count). The number of anilines is 2. The second-order valence-electron chi connectivity index (χ2n) is 9.26. The molecular weight excluding hydrogens is 446 g/mol. The fourth-order valence-corrected chi connectivity index (χ4v) is 4.94. The quantitative estimate of drug-likeness (QED) is 0.453. The molecule has 0 atom stereocenters. The molecule has 2 aliphatic rings. The minimum Gasteiger partial charge on any atom is -0.474 e. The number of nitrogens with one attached hydrogen (secondary N) is 2. The van der Waals surface area contributed by atoms with E-state index in [-0.39, 0.29) is 17.8 Å². The van der Waals surface area contributed by atoms with Gasteiger partial charge in [-0.1, -0.05) is 18.2 Å². The molecule has 0 amide bonds. The lowest BCUT2D eigenvalue weighted by Crippen LogP contribution is -2.37. The zero-order valence-corrected chi connectivity index (χ0v) is 19.7. The maximum Gasteiger partial charge on any atom is 0.327 e. The first-order valence-corrected chi connectivity index (χ1v) is 12.2. The summed E-state index contributed by atoms with van der Waals surface area (Å²) in [6, 6.07) is 10.7. The Balaban J connectivity index is 1.14. The highest BCUT2D eigenvalue weighted by atomic mass is 16.5. The summed E-state index contributed by atoms with van der Waals surface area (Å²) >= 11 is 0. The van der Waals surface area contributed by atoms with Gasteiger partial charge in [-0.3, -0.25) is 4.57 Å². The number of H-pyrrole nitrogens is 1. The number of hydrogen-bond donors (Lipinski definition) is 2. The number of aromatic nitrogens is 5. The smallest absolute Gasteiger partial charge is 0.327 e. The molecule has 2 N–H and O–H groups in total. The number of morpholine rings is 1. The van der Waals surface area contributed by atoms with Crippen LogP contribution in [0.15, 0.2) is 41.3 Å². The highest BCUT2D eigenvalue weighted by Crippen LogP contribution is 2.32. The summed E-state index contributed by atoms with van der Waals surface area (Å²) in [5.74, 6) is 2.20. The topological polar surface area (TPSA) is 110 Å². The predicted molar refractivity (Wildman–Crippen MR) is 134 cm³/mol. The molecule has 0 spiro atoms. The minimum atomic E-state index is -0.192. The predicted octanol–water partition coefficient (Wildman–Crippen LogP) is 2.84. The Morgan fingerprint density at radius 3 is 2.74 bits per heavy atom. The molecule has 182 valence electrons. The summed E-state index contributed by atoms with van der Waals surface area (Å²) in [7, 11) is 1.70. The second-order valence-corrected chi connectivity index (χ2v) is 9.26. The SMILES string of the molecule is Cn1c(=O)[nH]c2cnc(NC3CCC(Oc4nc(N5CCOCC5)cc5ccccc45)CC3)nc21. The number of ether oxygens (including phenoxy) is 2. The number of aromatic amines is 1. The third-order valence-electron chi connectivity index (χ3n) is 6.95. The zero-order valence-electron chi connectivity index (χ0n) is 19.7. The lowest BCUT2D eigenvalue weighted by molar-refractivity contribution is 0.122. The van der Waals surface area contributed by atoms with Crippen LogP contribution in [0.3, 0.4) is 0 Å². The molecule has 0 unspecified atom stereocenters. The second kappa shape index (κ2) is 9.18. The van der Waals surface area contributed by atoms with Gasteiger partial charge in [0.25, 0.3) is 0 Å². The molecule has 1 aliphatic carbocycles. The summed E-state index contributed by atoms with van der Waals surface area (Å²) in [4.78, 5) is 30.6. The zero-order chi connectivity index (χ0) is 23.8. The van der Waals surface area contributed by atoms with Crippen molar-refractivity contribution in [1.82, 2.24) is 24.5 Å².